The van der Waals surface area contributed by atoms with Crippen molar-refractivity contribution in [2.24, 2.45) is 0 Å². The van der Waals surface area contributed by atoms with E-state index in [9.17, 15) is 10.1 Å². The number of carbonyl (C=O) groups is 1. The van der Waals surface area contributed by atoms with Gasteiger partial charge in [-0.1, -0.05) is 0 Å². The number of hydrogen-bond donors (Lipinski definition) is 0. The van der Waals surface area contributed by atoms with Crippen molar-refractivity contribution in [3.8, 4) is 12.2 Å². The molecule has 0 N–H and O–H groups in total. The van der Waals surface area contributed by atoms with Gasteiger partial charge in [-0.05, 0) is 6.92 Å². The third-order valence-electron chi connectivity index (χ3n) is 2.68. The SMILES string of the molecule is COc1nc(N(C)C)nc(N(C#N)[C@H](C)C(=O)N(C)C)n1. The monoisotopic (exact) mass is 293 g/mol. The minimum absolute atomic E-state index is 0.0655. The van der Waals surface area contributed by atoms with Gasteiger partial charge in [-0.2, -0.15) is 20.2 Å². The van der Waals surface area contributed by atoms with Gasteiger partial charge < -0.3 is 14.5 Å². The molecule has 1 aromatic heterocycles. The molecule has 21 heavy (non-hydrogen) atoms. The zero-order valence-electron chi connectivity index (χ0n) is 13.0. The van der Waals surface area contributed by atoms with Crippen molar-refractivity contribution in [3.63, 3.8) is 0 Å². The average Bonchev–Trinajstić information content (AvgIpc) is 2.46. The van der Waals surface area contributed by atoms with Crippen molar-refractivity contribution in [1.29, 1.82) is 5.26 Å². The summed E-state index contributed by atoms with van der Waals surface area (Å²) in [5.74, 6) is 0.166. The number of hydrogen-bond acceptors (Lipinski definition) is 8. The van der Waals surface area contributed by atoms with Crippen LogP contribution in [0, 0.1) is 11.5 Å². The van der Waals surface area contributed by atoms with Crippen molar-refractivity contribution < 1.29 is 9.53 Å². The minimum Gasteiger partial charge on any atom is -0.467 e. The van der Waals surface area contributed by atoms with E-state index in [0.717, 1.165) is 4.90 Å². The van der Waals surface area contributed by atoms with Gasteiger partial charge in [-0.3, -0.25) is 4.79 Å². The second kappa shape index (κ2) is 6.69. The molecular weight excluding hydrogens is 274 g/mol. The Balaban J connectivity index is 3.25. The molecule has 9 heteroatoms. The zero-order chi connectivity index (χ0) is 16.2. The Hall–Kier alpha value is -2.63. The first-order valence-corrected chi connectivity index (χ1v) is 6.19. The van der Waals surface area contributed by atoms with Gasteiger partial charge in [0.2, 0.25) is 17.8 Å². The van der Waals surface area contributed by atoms with Crippen molar-refractivity contribution in [1.82, 2.24) is 19.9 Å². The Morgan fingerprint density at radius 2 is 1.76 bits per heavy atom. The first-order valence-electron chi connectivity index (χ1n) is 6.19. The molecule has 1 rings (SSSR count). The number of nitriles is 1. The molecule has 9 nitrogen and oxygen atoms in total. The second-order valence-electron chi connectivity index (χ2n) is 4.70. The van der Waals surface area contributed by atoms with Crippen LogP contribution in [0.4, 0.5) is 11.9 Å². The van der Waals surface area contributed by atoms with Gasteiger partial charge in [0.25, 0.3) is 0 Å². The highest BCUT2D eigenvalue weighted by Crippen LogP contribution is 2.18. The highest BCUT2D eigenvalue weighted by molar-refractivity contribution is 5.84. The van der Waals surface area contributed by atoms with E-state index in [0.29, 0.717) is 5.95 Å². The Morgan fingerprint density at radius 1 is 1.19 bits per heavy atom. The van der Waals surface area contributed by atoms with Gasteiger partial charge >= 0.3 is 6.01 Å². The van der Waals surface area contributed by atoms with E-state index >= 15 is 0 Å². The number of ether oxygens (including phenoxy) is 1. The maximum absolute atomic E-state index is 12.0. The molecule has 0 bridgehead atoms. The summed E-state index contributed by atoms with van der Waals surface area (Å²) in [4.78, 5) is 28.5. The second-order valence-corrected chi connectivity index (χ2v) is 4.70. The van der Waals surface area contributed by atoms with Crippen molar-refractivity contribution in [2.45, 2.75) is 13.0 Å². The molecule has 1 aromatic rings. The summed E-state index contributed by atoms with van der Waals surface area (Å²) in [6, 6.07) is -0.652. The maximum atomic E-state index is 12.0. The van der Waals surface area contributed by atoms with Crippen LogP contribution in [0.1, 0.15) is 6.92 Å². The number of aromatic nitrogens is 3. The smallest absolute Gasteiger partial charge is 0.322 e. The van der Waals surface area contributed by atoms with Crippen molar-refractivity contribution >= 4 is 17.8 Å². The fourth-order valence-corrected chi connectivity index (χ4v) is 1.52. The Labute approximate surface area is 123 Å². The summed E-state index contributed by atoms with van der Waals surface area (Å²) in [5, 5.41) is 9.32. The zero-order valence-corrected chi connectivity index (χ0v) is 13.0. The van der Waals surface area contributed by atoms with Gasteiger partial charge in [0.15, 0.2) is 6.19 Å². The fourth-order valence-electron chi connectivity index (χ4n) is 1.52. The Morgan fingerprint density at radius 3 is 2.19 bits per heavy atom. The lowest BCUT2D eigenvalue weighted by Crippen LogP contribution is -2.43. The molecule has 0 aliphatic heterocycles. The number of amides is 1. The first-order chi connectivity index (χ1) is 9.81. The molecule has 0 fully saturated rings. The van der Waals surface area contributed by atoms with E-state index < -0.39 is 6.04 Å². The lowest BCUT2D eigenvalue weighted by molar-refractivity contribution is -0.129. The first kappa shape index (κ1) is 16.4. The molecule has 0 radical (unpaired) electrons. The lowest BCUT2D eigenvalue weighted by atomic mass is 10.3. The molecule has 0 saturated heterocycles. The number of anilines is 2. The normalized spacial score (nSPS) is 11.3. The summed E-state index contributed by atoms with van der Waals surface area (Å²) in [7, 11) is 8.16. The summed E-state index contributed by atoms with van der Waals surface area (Å²) in [5.41, 5.74) is 0. The summed E-state index contributed by atoms with van der Waals surface area (Å²) >= 11 is 0. The van der Waals surface area contributed by atoms with Gasteiger partial charge in [-0.15, -0.1) is 0 Å². The highest BCUT2D eigenvalue weighted by atomic mass is 16.5. The molecule has 0 aliphatic carbocycles. The van der Waals surface area contributed by atoms with Crippen molar-refractivity contribution in [2.75, 3.05) is 45.1 Å². The predicted molar refractivity (Wildman–Crippen MR) is 77.0 cm³/mol. The molecule has 0 spiro atoms. The Kier molecular flexibility index (Phi) is 5.24. The molecule has 0 saturated carbocycles. The van der Waals surface area contributed by atoms with Crippen LogP contribution in [-0.2, 0) is 4.79 Å². The number of likely N-dealkylation sites (N-methyl/N-ethyl adjacent to an activating group) is 1. The molecule has 1 heterocycles. The summed E-state index contributed by atoms with van der Waals surface area (Å²) < 4.78 is 5.01. The van der Waals surface area contributed by atoms with Crippen molar-refractivity contribution in [3.05, 3.63) is 0 Å². The van der Waals surface area contributed by atoms with Gasteiger partial charge in [0.05, 0.1) is 7.11 Å². The fraction of sp³-hybridized carbons (Fsp3) is 0.583. The lowest BCUT2D eigenvalue weighted by Gasteiger charge is -2.24. The molecule has 0 aromatic carbocycles. The molecule has 0 unspecified atom stereocenters. The van der Waals surface area contributed by atoms with E-state index in [-0.39, 0.29) is 17.9 Å². The highest BCUT2D eigenvalue weighted by Gasteiger charge is 2.26. The number of rotatable bonds is 5. The van der Waals surface area contributed by atoms with E-state index in [1.165, 1.54) is 12.0 Å². The van der Waals surface area contributed by atoms with E-state index in [1.807, 2.05) is 6.19 Å². The largest absolute Gasteiger partial charge is 0.467 e. The standard InChI is InChI=1S/C12H19N7O2/c1-8(9(20)17(2)3)19(7-13)11-14-10(18(4)5)15-12(16-11)21-6/h8H,1-6H3/t8-/m1/s1. The van der Waals surface area contributed by atoms with Crippen LogP contribution >= 0.6 is 0 Å². The Bertz CT molecular complexity index is 553. The molecule has 114 valence electrons. The third kappa shape index (κ3) is 3.68. The molecule has 0 aliphatic rings. The maximum Gasteiger partial charge on any atom is 0.322 e. The van der Waals surface area contributed by atoms with Gasteiger partial charge in [-0.25, -0.2) is 4.90 Å². The van der Waals surface area contributed by atoms with Crippen LogP contribution in [0.5, 0.6) is 6.01 Å². The molecular formula is C12H19N7O2. The number of methoxy groups -OCH3 is 1. The topological polar surface area (TPSA) is 98.5 Å². The van der Waals surface area contributed by atoms with Gasteiger partial charge in [0, 0.05) is 28.2 Å². The van der Waals surface area contributed by atoms with Crippen LogP contribution in [0.2, 0.25) is 0 Å². The van der Waals surface area contributed by atoms with Crippen LogP contribution < -0.4 is 14.5 Å². The van der Waals surface area contributed by atoms with Crippen LogP contribution in [0.25, 0.3) is 0 Å². The van der Waals surface area contributed by atoms with Crippen LogP contribution in [0.15, 0.2) is 0 Å². The van der Waals surface area contributed by atoms with E-state index in [2.05, 4.69) is 15.0 Å². The molecule has 1 amide bonds. The average molecular weight is 293 g/mol. The van der Waals surface area contributed by atoms with E-state index in [1.54, 1.807) is 40.0 Å². The third-order valence-corrected chi connectivity index (χ3v) is 2.68. The predicted octanol–water partition coefficient (Wildman–Crippen LogP) is -0.290. The molecule has 1 atom stereocenters. The number of carbonyl (C=O) groups excluding carboxylic acids is 1. The van der Waals surface area contributed by atoms with Gasteiger partial charge in [0.1, 0.15) is 6.04 Å². The van der Waals surface area contributed by atoms with Crippen LogP contribution in [-0.4, -0.2) is 67.1 Å². The van der Waals surface area contributed by atoms with E-state index in [4.69, 9.17) is 4.74 Å². The number of nitrogens with zero attached hydrogens (tertiary/aromatic N) is 7. The summed E-state index contributed by atoms with van der Waals surface area (Å²) in [6.07, 6.45) is 1.93. The minimum atomic E-state index is -0.730. The van der Waals surface area contributed by atoms with Crippen LogP contribution in [0.3, 0.4) is 0 Å². The quantitative estimate of drug-likeness (QED) is 0.539. The summed E-state index contributed by atoms with van der Waals surface area (Å²) in [6.45, 7) is 1.61.